The molecule has 6 heteroatoms. The second-order valence-electron chi connectivity index (χ2n) is 2.44. The average molecular weight is 195 g/mol. The molecule has 0 saturated carbocycles. The monoisotopic (exact) mass is 195 g/mol. The Balaban J connectivity index is 2.70. The fourth-order valence-corrected chi connectivity index (χ4v) is 1.62. The van der Waals surface area contributed by atoms with Crippen LogP contribution < -0.4 is 5.32 Å². The molecule has 0 fully saturated rings. The van der Waals surface area contributed by atoms with Gasteiger partial charge >= 0.3 is 0 Å². The molecule has 68 valence electrons. The lowest BCUT2D eigenvalue weighted by atomic mass is 10.4. The minimum absolute atomic E-state index is 0.612. The number of thioether (sulfide) groups is 1. The molecule has 0 amide bonds. The largest absolute Gasteiger partial charge is 0.357 e. The highest BCUT2D eigenvalue weighted by molar-refractivity contribution is 7.98. The highest BCUT2D eigenvalue weighted by atomic mass is 32.2. The zero-order valence-electron chi connectivity index (χ0n) is 7.33. The van der Waals surface area contributed by atoms with E-state index in [-0.39, 0.29) is 0 Å². The summed E-state index contributed by atoms with van der Waals surface area (Å²) in [5, 5.41) is 11.5. The van der Waals surface area contributed by atoms with Gasteiger partial charge in [-0.05, 0) is 6.26 Å². The Morgan fingerprint density at radius 2 is 2.31 bits per heavy atom. The fourth-order valence-electron chi connectivity index (χ4n) is 1.08. The molecule has 2 aromatic rings. The van der Waals surface area contributed by atoms with Crippen molar-refractivity contribution in [2.45, 2.75) is 5.03 Å². The lowest BCUT2D eigenvalue weighted by Gasteiger charge is -2.01. The summed E-state index contributed by atoms with van der Waals surface area (Å²) in [5.41, 5.74) is 0.767. The number of nitrogens with one attached hydrogen (secondary N) is 2. The summed E-state index contributed by atoms with van der Waals surface area (Å²) in [4.78, 5) is 8.50. The molecule has 0 radical (unpaired) electrons. The van der Waals surface area contributed by atoms with E-state index < -0.39 is 0 Å². The predicted molar refractivity (Wildman–Crippen MR) is 53.0 cm³/mol. The zero-order valence-corrected chi connectivity index (χ0v) is 8.14. The molecule has 2 rings (SSSR count). The van der Waals surface area contributed by atoms with Gasteiger partial charge in [-0.3, -0.25) is 5.10 Å². The van der Waals surface area contributed by atoms with Gasteiger partial charge in [0.15, 0.2) is 5.65 Å². The first-order valence-corrected chi connectivity index (χ1v) is 5.00. The molecular weight excluding hydrogens is 186 g/mol. The van der Waals surface area contributed by atoms with Crippen molar-refractivity contribution < 1.29 is 0 Å². The van der Waals surface area contributed by atoms with E-state index in [4.69, 9.17) is 0 Å². The van der Waals surface area contributed by atoms with Gasteiger partial charge in [-0.1, -0.05) is 0 Å². The van der Waals surface area contributed by atoms with Crippen LogP contribution in [-0.2, 0) is 0 Å². The topological polar surface area (TPSA) is 66.5 Å². The van der Waals surface area contributed by atoms with Crippen molar-refractivity contribution in [3.63, 3.8) is 0 Å². The SMILES string of the molecule is CNc1nc(SC)c2cn[nH]c2n1. The van der Waals surface area contributed by atoms with Gasteiger partial charge in [0.25, 0.3) is 0 Å². The smallest absolute Gasteiger partial charge is 0.225 e. The van der Waals surface area contributed by atoms with Gasteiger partial charge in [-0.25, -0.2) is 4.98 Å². The molecule has 5 nitrogen and oxygen atoms in total. The summed E-state index contributed by atoms with van der Waals surface area (Å²) < 4.78 is 0. The van der Waals surface area contributed by atoms with Crippen LogP contribution in [-0.4, -0.2) is 33.5 Å². The minimum Gasteiger partial charge on any atom is -0.357 e. The molecule has 2 heterocycles. The van der Waals surface area contributed by atoms with E-state index in [9.17, 15) is 0 Å². The summed E-state index contributed by atoms with van der Waals surface area (Å²) in [6.07, 6.45) is 3.72. The minimum atomic E-state index is 0.612. The van der Waals surface area contributed by atoms with Crippen LogP contribution in [0.4, 0.5) is 5.95 Å². The normalized spacial score (nSPS) is 10.6. The summed E-state index contributed by atoms with van der Waals surface area (Å²) in [5.74, 6) is 0.612. The summed E-state index contributed by atoms with van der Waals surface area (Å²) in [7, 11) is 1.79. The number of hydrogen-bond donors (Lipinski definition) is 2. The fraction of sp³-hybridized carbons (Fsp3) is 0.286. The van der Waals surface area contributed by atoms with Crippen molar-refractivity contribution in [1.29, 1.82) is 0 Å². The Morgan fingerprint density at radius 1 is 1.46 bits per heavy atom. The maximum absolute atomic E-state index is 4.29. The van der Waals surface area contributed by atoms with Crippen molar-refractivity contribution in [1.82, 2.24) is 20.2 Å². The van der Waals surface area contributed by atoms with Gasteiger partial charge in [-0.2, -0.15) is 10.1 Å². The number of fused-ring (bicyclic) bond motifs is 1. The molecule has 0 spiro atoms. The van der Waals surface area contributed by atoms with E-state index in [0.717, 1.165) is 16.1 Å². The second-order valence-corrected chi connectivity index (χ2v) is 3.23. The van der Waals surface area contributed by atoms with Crippen molar-refractivity contribution in [2.75, 3.05) is 18.6 Å². The van der Waals surface area contributed by atoms with Gasteiger partial charge < -0.3 is 5.32 Å². The number of aromatic nitrogens is 4. The molecule has 0 aliphatic carbocycles. The molecule has 0 saturated heterocycles. The molecular formula is C7H9N5S. The number of H-pyrrole nitrogens is 1. The van der Waals surface area contributed by atoms with E-state index in [2.05, 4.69) is 25.5 Å². The van der Waals surface area contributed by atoms with Gasteiger partial charge in [0.1, 0.15) is 5.03 Å². The van der Waals surface area contributed by atoms with Gasteiger partial charge in [0, 0.05) is 7.05 Å². The number of hydrogen-bond acceptors (Lipinski definition) is 5. The van der Waals surface area contributed by atoms with Crippen LogP contribution in [0.5, 0.6) is 0 Å². The van der Waals surface area contributed by atoms with E-state index >= 15 is 0 Å². The van der Waals surface area contributed by atoms with Crippen molar-refractivity contribution in [3.8, 4) is 0 Å². The Bertz CT molecular complexity index is 424. The number of aromatic amines is 1. The van der Waals surface area contributed by atoms with Crippen molar-refractivity contribution in [3.05, 3.63) is 6.20 Å². The van der Waals surface area contributed by atoms with Gasteiger partial charge in [0.05, 0.1) is 11.6 Å². The molecule has 0 aliphatic rings. The predicted octanol–water partition coefficient (Wildman–Crippen LogP) is 1.12. The molecule has 0 atom stereocenters. The van der Waals surface area contributed by atoms with E-state index in [1.54, 1.807) is 25.0 Å². The Kier molecular flexibility index (Phi) is 2.05. The first-order valence-electron chi connectivity index (χ1n) is 3.78. The maximum atomic E-state index is 4.29. The lowest BCUT2D eigenvalue weighted by Crippen LogP contribution is -1.97. The highest BCUT2D eigenvalue weighted by Crippen LogP contribution is 2.22. The molecule has 0 aliphatic heterocycles. The zero-order chi connectivity index (χ0) is 9.26. The quantitative estimate of drug-likeness (QED) is 0.555. The molecule has 0 unspecified atom stereocenters. The summed E-state index contributed by atoms with van der Waals surface area (Å²) in [6.45, 7) is 0. The van der Waals surface area contributed by atoms with Crippen molar-refractivity contribution >= 4 is 28.7 Å². The first-order chi connectivity index (χ1) is 6.35. The Labute approximate surface area is 79.4 Å². The number of rotatable bonds is 2. The van der Waals surface area contributed by atoms with Crippen LogP contribution in [0.3, 0.4) is 0 Å². The molecule has 2 N–H and O–H groups in total. The second kappa shape index (κ2) is 3.21. The average Bonchev–Trinajstić information content (AvgIpc) is 2.63. The van der Waals surface area contributed by atoms with Crippen LogP contribution in [0.25, 0.3) is 11.0 Å². The first kappa shape index (κ1) is 8.31. The molecule has 2 aromatic heterocycles. The van der Waals surface area contributed by atoms with E-state index in [1.807, 2.05) is 6.26 Å². The third-order valence-electron chi connectivity index (χ3n) is 1.69. The standard InChI is InChI=1S/C7H9N5S/c1-8-7-10-5-4(3-9-12-5)6(11-7)13-2/h3H,1-2H3,(H2,8,9,10,11,12). The van der Waals surface area contributed by atoms with Gasteiger partial charge in [-0.15, -0.1) is 11.8 Å². The highest BCUT2D eigenvalue weighted by Gasteiger charge is 2.06. The summed E-state index contributed by atoms with van der Waals surface area (Å²) in [6, 6.07) is 0. The van der Waals surface area contributed by atoms with Crippen LogP contribution in [0.15, 0.2) is 11.2 Å². The summed E-state index contributed by atoms with van der Waals surface area (Å²) >= 11 is 1.58. The third kappa shape index (κ3) is 1.33. The Morgan fingerprint density at radius 3 is 3.00 bits per heavy atom. The van der Waals surface area contributed by atoms with Crippen LogP contribution >= 0.6 is 11.8 Å². The Hall–Kier alpha value is -1.30. The number of anilines is 1. The third-order valence-corrected chi connectivity index (χ3v) is 2.39. The molecule has 13 heavy (non-hydrogen) atoms. The van der Waals surface area contributed by atoms with Crippen LogP contribution in [0.2, 0.25) is 0 Å². The van der Waals surface area contributed by atoms with Crippen LogP contribution in [0, 0.1) is 0 Å². The van der Waals surface area contributed by atoms with E-state index in [0.29, 0.717) is 5.95 Å². The number of nitrogens with zero attached hydrogens (tertiary/aromatic N) is 3. The van der Waals surface area contributed by atoms with Gasteiger partial charge in [0.2, 0.25) is 5.95 Å². The lowest BCUT2D eigenvalue weighted by molar-refractivity contribution is 1.07. The maximum Gasteiger partial charge on any atom is 0.225 e. The molecule has 0 aromatic carbocycles. The van der Waals surface area contributed by atoms with E-state index in [1.165, 1.54) is 0 Å². The van der Waals surface area contributed by atoms with Crippen LogP contribution in [0.1, 0.15) is 0 Å². The molecule has 0 bridgehead atoms. The van der Waals surface area contributed by atoms with Crippen molar-refractivity contribution in [2.24, 2.45) is 0 Å².